The van der Waals surface area contributed by atoms with E-state index >= 15 is 0 Å². The monoisotopic (exact) mass is 411 g/mol. The molecule has 2 fully saturated rings. The molecule has 0 atom stereocenters. The number of rotatable bonds is 5. The molecule has 4 rings (SSSR count). The lowest BCUT2D eigenvalue weighted by molar-refractivity contribution is -0.135. The standard InChI is InChI=1S/C21H21N3O4S/c1-2-7-24-20(26)18(29-21(24)27)12-15-13-23(17-6-4-3-5-16(15)17)14-19(25)22-8-10-28-11-9-22/h2-6,12-13H,1,7-11,14H2/b18-12-. The Labute approximate surface area is 172 Å². The first kappa shape index (κ1) is 19.5. The predicted molar refractivity (Wildman–Crippen MR) is 112 cm³/mol. The summed E-state index contributed by atoms with van der Waals surface area (Å²) in [6, 6.07) is 7.73. The van der Waals surface area contributed by atoms with Gasteiger partial charge in [0.15, 0.2) is 0 Å². The van der Waals surface area contributed by atoms with E-state index in [4.69, 9.17) is 4.74 Å². The number of fused-ring (bicyclic) bond motifs is 1. The van der Waals surface area contributed by atoms with Crippen LogP contribution in [-0.4, -0.2) is 64.3 Å². The maximum Gasteiger partial charge on any atom is 0.293 e. The molecule has 2 aliphatic rings. The van der Waals surface area contributed by atoms with Crippen molar-refractivity contribution in [3.05, 3.63) is 53.6 Å². The van der Waals surface area contributed by atoms with Crippen LogP contribution in [-0.2, 0) is 20.9 Å². The summed E-state index contributed by atoms with van der Waals surface area (Å²) in [5.74, 6) is -0.284. The van der Waals surface area contributed by atoms with Gasteiger partial charge in [-0.25, -0.2) is 0 Å². The zero-order chi connectivity index (χ0) is 20.4. The summed E-state index contributed by atoms with van der Waals surface area (Å²) in [4.78, 5) is 40.6. The van der Waals surface area contributed by atoms with Crippen molar-refractivity contribution < 1.29 is 19.1 Å². The molecule has 0 radical (unpaired) electrons. The number of nitrogens with zero attached hydrogens (tertiary/aromatic N) is 3. The summed E-state index contributed by atoms with van der Waals surface area (Å²) < 4.78 is 7.21. The zero-order valence-corrected chi connectivity index (χ0v) is 16.7. The molecule has 29 heavy (non-hydrogen) atoms. The quantitative estimate of drug-likeness (QED) is 0.559. The van der Waals surface area contributed by atoms with Gasteiger partial charge in [0.1, 0.15) is 6.54 Å². The number of para-hydroxylation sites is 1. The minimum absolute atomic E-state index is 0.0342. The first-order chi connectivity index (χ1) is 14.1. The summed E-state index contributed by atoms with van der Waals surface area (Å²) in [6.07, 6.45) is 5.12. The van der Waals surface area contributed by atoms with E-state index in [9.17, 15) is 14.4 Å². The molecule has 150 valence electrons. The van der Waals surface area contributed by atoms with E-state index in [0.29, 0.717) is 31.2 Å². The van der Waals surface area contributed by atoms with Gasteiger partial charge in [0, 0.05) is 42.3 Å². The van der Waals surface area contributed by atoms with Gasteiger partial charge >= 0.3 is 0 Å². The van der Waals surface area contributed by atoms with Gasteiger partial charge in [-0.05, 0) is 23.9 Å². The van der Waals surface area contributed by atoms with Crippen molar-refractivity contribution in [2.45, 2.75) is 6.54 Å². The van der Waals surface area contributed by atoms with E-state index in [0.717, 1.165) is 28.2 Å². The number of ether oxygens (including phenoxy) is 1. The third-order valence-electron chi connectivity index (χ3n) is 4.96. The van der Waals surface area contributed by atoms with Crippen molar-refractivity contribution in [3.63, 3.8) is 0 Å². The molecular weight excluding hydrogens is 390 g/mol. The van der Waals surface area contributed by atoms with Gasteiger partial charge in [-0.3, -0.25) is 19.3 Å². The zero-order valence-electron chi connectivity index (χ0n) is 15.9. The Hall–Kier alpha value is -2.84. The molecule has 8 heteroatoms. The maximum absolute atomic E-state index is 12.7. The van der Waals surface area contributed by atoms with Gasteiger partial charge in [0.25, 0.3) is 11.1 Å². The number of amides is 3. The molecular formula is C21H21N3O4S. The van der Waals surface area contributed by atoms with Gasteiger partial charge in [-0.1, -0.05) is 24.3 Å². The van der Waals surface area contributed by atoms with Crippen LogP contribution in [0.2, 0.25) is 0 Å². The summed E-state index contributed by atoms with van der Waals surface area (Å²) in [5.41, 5.74) is 1.71. The Bertz CT molecular complexity index is 1020. The van der Waals surface area contributed by atoms with Crippen molar-refractivity contribution in [1.29, 1.82) is 0 Å². The third-order valence-corrected chi connectivity index (χ3v) is 5.87. The van der Waals surface area contributed by atoms with Crippen molar-refractivity contribution in [1.82, 2.24) is 14.4 Å². The molecule has 1 aromatic carbocycles. The number of benzene rings is 1. The van der Waals surface area contributed by atoms with Crippen LogP contribution in [0.15, 0.2) is 48.0 Å². The SMILES string of the molecule is C=CCN1C(=O)S/C(=C\c2cn(CC(=O)N3CCOCC3)c3ccccc23)C1=O. The topological polar surface area (TPSA) is 71.8 Å². The van der Waals surface area contributed by atoms with Crippen LogP contribution < -0.4 is 0 Å². The summed E-state index contributed by atoms with van der Waals surface area (Å²) >= 11 is 0.923. The molecule has 0 aliphatic carbocycles. The molecule has 3 amide bonds. The molecule has 1 aromatic heterocycles. The van der Waals surface area contributed by atoms with Crippen molar-refractivity contribution in [2.24, 2.45) is 0 Å². The first-order valence-corrected chi connectivity index (χ1v) is 10.2. The minimum Gasteiger partial charge on any atom is -0.378 e. The Morgan fingerprint density at radius 3 is 2.72 bits per heavy atom. The van der Waals surface area contributed by atoms with Crippen molar-refractivity contribution in [2.75, 3.05) is 32.8 Å². The number of morpholine rings is 1. The highest BCUT2D eigenvalue weighted by molar-refractivity contribution is 8.18. The molecule has 2 aromatic rings. The number of hydrogen-bond acceptors (Lipinski definition) is 5. The molecule has 2 aliphatic heterocycles. The average Bonchev–Trinajstić information content (AvgIpc) is 3.21. The lowest BCUT2D eigenvalue weighted by Gasteiger charge is -2.27. The molecule has 0 N–H and O–H groups in total. The lowest BCUT2D eigenvalue weighted by Crippen LogP contribution is -2.42. The minimum atomic E-state index is -0.318. The molecule has 0 saturated carbocycles. The molecule has 2 saturated heterocycles. The van der Waals surface area contributed by atoms with Gasteiger partial charge in [0.05, 0.1) is 18.1 Å². The third kappa shape index (κ3) is 3.86. The Balaban J connectivity index is 1.64. The van der Waals surface area contributed by atoms with E-state index in [1.54, 1.807) is 11.0 Å². The fourth-order valence-corrected chi connectivity index (χ4v) is 4.35. The van der Waals surface area contributed by atoms with Crippen LogP contribution in [0.3, 0.4) is 0 Å². The molecule has 3 heterocycles. The maximum atomic E-state index is 12.7. The average molecular weight is 411 g/mol. The first-order valence-electron chi connectivity index (χ1n) is 9.38. The van der Waals surface area contributed by atoms with Gasteiger partial charge in [0.2, 0.25) is 5.91 Å². The Kier molecular flexibility index (Phi) is 5.55. The molecule has 0 spiro atoms. The number of imide groups is 1. The Morgan fingerprint density at radius 2 is 1.97 bits per heavy atom. The van der Waals surface area contributed by atoms with Crippen LogP contribution >= 0.6 is 11.8 Å². The normalized spacial score (nSPS) is 18.8. The number of carbonyl (C=O) groups excluding carboxylic acids is 3. The van der Waals surface area contributed by atoms with Crippen LogP contribution in [0.25, 0.3) is 17.0 Å². The largest absolute Gasteiger partial charge is 0.378 e. The second-order valence-corrected chi connectivity index (χ2v) is 7.80. The van der Waals surface area contributed by atoms with Crippen LogP contribution in [0.5, 0.6) is 0 Å². The summed E-state index contributed by atoms with van der Waals surface area (Å²) in [5, 5.41) is 0.630. The summed E-state index contributed by atoms with van der Waals surface area (Å²) in [7, 11) is 0. The van der Waals surface area contributed by atoms with E-state index in [1.807, 2.05) is 35.0 Å². The highest BCUT2D eigenvalue weighted by Crippen LogP contribution is 2.34. The second-order valence-electron chi connectivity index (χ2n) is 6.80. The lowest BCUT2D eigenvalue weighted by atomic mass is 10.1. The highest BCUT2D eigenvalue weighted by atomic mass is 32.2. The smallest absolute Gasteiger partial charge is 0.293 e. The Morgan fingerprint density at radius 1 is 1.21 bits per heavy atom. The van der Waals surface area contributed by atoms with Gasteiger partial charge < -0.3 is 14.2 Å². The number of thioether (sulfide) groups is 1. The van der Waals surface area contributed by atoms with E-state index in [2.05, 4.69) is 6.58 Å². The van der Waals surface area contributed by atoms with Crippen LogP contribution in [0.4, 0.5) is 4.79 Å². The van der Waals surface area contributed by atoms with E-state index in [1.165, 1.54) is 11.0 Å². The molecule has 0 unspecified atom stereocenters. The van der Waals surface area contributed by atoms with Crippen molar-refractivity contribution >= 4 is 45.8 Å². The predicted octanol–water partition coefficient (Wildman–Crippen LogP) is 2.72. The molecule has 0 bridgehead atoms. The van der Waals surface area contributed by atoms with E-state index < -0.39 is 0 Å². The number of hydrogen-bond donors (Lipinski definition) is 0. The fourth-order valence-electron chi connectivity index (χ4n) is 3.51. The number of aromatic nitrogens is 1. The molecule has 7 nitrogen and oxygen atoms in total. The number of carbonyl (C=O) groups is 3. The summed E-state index contributed by atoms with van der Waals surface area (Å²) in [6.45, 7) is 6.31. The van der Waals surface area contributed by atoms with Gasteiger partial charge in [-0.2, -0.15) is 0 Å². The van der Waals surface area contributed by atoms with E-state index in [-0.39, 0.29) is 30.1 Å². The van der Waals surface area contributed by atoms with Crippen LogP contribution in [0, 0.1) is 0 Å². The van der Waals surface area contributed by atoms with Crippen LogP contribution in [0.1, 0.15) is 5.56 Å². The highest BCUT2D eigenvalue weighted by Gasteiger charge is 2.34. The second kappa shape index (κ2) is 8.26. The fraction of sp³-hybridized carbons (Fsp3) is 0.286. The van der Waals surface area contributed by atoms with Crippen molar-refractivity contribution in [3.8, 4) is 0 Å². The van der Waals surface area contributed by atoms with Gasteiger partial charge in [-0.15, -0.1) is 6.58 Å².